The van der Waals surface area contributed by atoms with Gasteiger partial charge in [-0.15, -0.1) is 0 Å². The molecule has 0 unspecified atom stereocenters. The number of alkyl halides is 1. The SMILES string of the molecule is CCOc1ccc(C=Cc2ccc(C[C@H](F)c3ccccc3)cc2F)cc1. The average Bonchev–Trinajstić information content (AvgIpc) is 2.69. The van der Waals surface area contributed by atoms with Crippen molar-refractivity contribution in [3.8, 4) is 5.75 Å². The van der Waals surface area contributed by atoms with Crippen LogP contribution in [0.15, 0.2) is 72.8 Å². The highest BCUT2D eigenvalue weighted by Gasteiger charge is 2.11. The van der Waals surface area contributed by atoms with Gasteiger partial charge in [0.15, 0.2) is 0 Å². The van der Waals surface area contributed by atoms with Crippen molar-refractivity contribution in [2.75, 3.05) is 6.61 Å². The second-order valence-electron chi connectivity index (χ2n) is 6.27. The maximum absolute atomic E-state index is 14.4. The molecule has 1 atom stereocenters. The average molecular weight is 364 g/mol. The van der Waals surface area contributed by atoms with Crippen LogP contribution < -0.4 is 4.74 Å². The van der Waals surface area contributed by atoms with Crippen molar-refractivity contribution in [1.29, 1.82) is 0 Å². The van der Waals surface area contributed by atoms with E-state index in [0.717, 1.165) is 11.3 Å². The van der Waals surface area contributed by atoms with E-state index in [0.29, 0.717) is 23.3 Å². The fraction of sp³-hybridized carbons (Fsp3) is 0.167. The van der Waals surface area contributed by atoms with Crippen molar-refractivity contribution in [2.24, 2.45) is 0 Å². The summed E-state index contributed by atoms with van der Waals surface area (Å²) in [6.45, 7) is 2.56. The number of hydrogen-bond donors (Lipinski definition) is 0. The summed E-state index contributed by atoms with van der Waals surface area (Å²) in [5.41, 5.74) is 2.68. The van der Waals surface area contributed by atoms with E-state index in [1.54, 1.807) is 42.5 Å². The summed E-state index contributed by atoms with van der Waals surface area (Å²) in [5.74, 6) is 0.458. The number of benzene rings is 3. The normalized spacial score (nSPS) is 12.3. The number of rotatable bonds is 7. The van der Waals surface area contributed by atoms with Crippen LogP contribution in [-0.4, -0.2) is 6.61 Å². The number of halogens is 2. The Labute approximate surface area is 158 Å². The predicted molar refractivity (Wildman–Crippen MR) is 107 cm³/mol. The molecular formula is C24H22F2O. The van der Waals surface area contributed by atoms with Gasteiger partial charge < -0.3 is 4.74 Å². The first-order valence-corrected chi connectivity index (χ1v) is 9.04. The number of ether oxygens (including phenoxy) is 1. The van der Waals surface area contributed by atoms with E-state index < -0.39 is 6.17 Å². The second kappa shape index (κ2) is 9.13. The summed E-state index contributed by atoms with van der Waals surface area (Å²) in [5, 5.41) is 0. The molecule has 3 aromatic carbocycles. The van der Waals surface area contributed by atoms with Crippen LogP contribution in [0.3, 0.4) is 0 Å². The maximum atomic E-state index is 14.4. The zero-order valence-corrected chi connectivity index (χ0v) is 15.2. The molecule has 0 radical (unpaired) electrons. The van der Waals surface area contributed by atoms with Crippen LogP contribution in [0.25, 0.3) is 12.2 Å². The molecule has 3 rings (SSSR count). The third kappa shape index (κ3) is 5.27. The Morgan fingerprint density at radius 3 is 2.33 bits per heavy atom. The van der Waals surface area contributed by atoms with E-state index in [1.165, 1.54) is 6.07 Å². The summed E-state index contributed by atoms with van der Waals surface area (Å²) in [7, 11) is 0. The first-order chi connectivity index (χ1) is 13.2. The lowest BCUT2D eigenvalue weighted by Gasteiger charge is -2.09. The standard InChI is InChI=1S/C24H22F2O/c1-2-27-22-14-10-18(11-15-22)8-12-21-13-9-19(17-24(21)26)16-23(25)20-6-4-3-5-7-20/h3-15,17,23H,2,16H2,1H3/t23-/m0/s1. The van der Waals surface area contributed by atoms with Gasteiger partial charge in [0.1, 0.15) is 17.7 Å². The smallest absolute Gasteiger partial charge is 0.130 e. The quantitative estimate of drug-likeness (QED) is 0.427. The summed E-state index contributed by atoms with van der Waals surface area (Å²) in [4.78, 5) is 0. The minimum atomic E-state index is -1.14. The van der Waals surface area contributed by atoms with Gasteiger partial charge in [-0.1, -0.05) is 66.7 Å². The maximum Gasteiger partial charge on any atom is 0.130 e. The van der Waals surface area contributed by atoms with Crippen molar-refractivity contribution in [3.05, 3.63) is 101 Å². The van der Waals surface area contributed by atoms with Crippen molar-refractivity contribution in [2.45, 2.75) is 19.5 Å². The lowest BCUT2D eigenvalue weighted by atomic mass is 10.0. The van der Waals surface area contributed by atoms with Gasteiger partial charge in [0.2, 0.25) is 0 Å². The molecule has 0 fully saturated rings. The van der Waals surface area contributed by atoms with Gasteiger partial charge in [-0.25, -0.2) is 8.78 Å². The Balaban J connectivity index is 1.67. The molecule has 0 N–H and O–H groups in total. The Morgan fingerprint density at radius 2 is 1.67 bits per heavy atom. The summed E-state index contributed by atoms with van der Waals surface area (Å²) >= 11 is 0. The molecule has 27 heavy (non-hydrogen) atoms. The van der Waals surface area contributed by atoms with Crippen molar-refractivity contribution in [3.63, 3.8) is 0 Å². The van der Waals surface area contributed by atoms with Gasteiger partial charge in [0, 0.05) is 12.0 Å². The van der Waals surface area contributed by atoms with Crippen LogP contribution in [0.1, 0.15) is 35.3 Å². The van der Waals surface area contributed by atoms with E-state index in [-0.39, 0.29) is 12.2 Å². The van der Waals surface area contributed by atoms with E-state index in [2.05, 4.69) is 0 Å². The van der Waals surface area contributed by atoms with Crippen LogP contribution in [0.2, 0.25) is 0 Å². The lowest BCUT2D eigenvalue weighted by molar-refractivity contribution is 0.340. The molecule has 0 amide bonds. The monoisotopic (exact) mass is 364 g/mol. The third-order valence-corrected chi connectivity index (χ3v) is 4.29. The third-order valence-electron chi connectivity index (χ3n) is 4.29. The van der Waals surface area contributed by atoms with Gasteiger partial charge in [0.05, 0.1) is 6.61 Å². The van der Waals surface area contributed by atoms with Gasteiger partial charge >= 0.3 is 0 Å². The predicted octanol–water partition coefficient (Wildman–Crippen LogP) is 6.65. The first-order valence-electron chi connectivity index (χ1n) is 9.04. The highest BCUT2D eigenvalue weighted by molar-refractivity contribution is 5.70. The highest BCUT2D eigenvalue weighted by Crippen LogP contribution is 2.24. The Hall–Kier alpha value is -2.94. The Kier molecular flexibility index (Phi) is 6.37. The van der Waals surface area contributed by atoms with Gasteiger partial charge in [0.25, 0.3) is 0 Å². The van der Waals surface area contributed by atoms with Crippen LogP contribution >= 0.6 is 0 Å². The molecule has 0 bridgehead atoms. The molecule has 0 aliphatic carbocycles. The Morgan fingerprint density at radius 1 is 0.926 bits per heavy atom. The molecule has 3 aromatic rings. The fourth-order valence-corrected chi connectivity index (χ4v) is 2.85. The van der Waals surface area contributed by atoms with E-state index in [9.17, 15) is 8.78 Å². The Bertz CT molecular complexity index is 886. The minimum absolute atomic E-state index is 0.157. The molecule has 0 saturated heterocycles. The number of hydrogen-bond acceptors (Lipinski definition) is 1. The molecule has 0 spiro atoms. The summed E-state index contributed by atoms with van der Waals surface area (Å²) < 4.78 is 34.1. The van der Waals surface area contributed by atoms with E-state index in [1.807, 2.05) is 43.3 Å². The molecule has 3 heteroatoms. The zero-order valence-electron chi connectivity index (χ0n) is 15.2. The van der Waals surface area contributed by atoms with Gasteiger partial charge in [-0.3, -0.25) is 0 Å². The van der Waals surface area contributed by atoms with Crippen molar-refractivity contribution < 1.29 is 13.5 Å². The molecule has 0 saturated carbocycles. The summed E-state index contributed by atoms with van der Waals surface area (Å²) in [6, 6.07) is 21.4. The lowest BCUT2D eigenvalue weighted by Crippen LogP contribution is -1.98. The molecular weight excluding hydrogens is 342 g/mol. The topological polar surface area (TPSA) is 9.23 Å². The molecule has 0 aliphatic heterocycles. The van der Waals surface area contributed by atoms with Crippen LogP contribution in [0, 0.1) is 5.82 Å². The zero-order chi connectivity index (χ0) is 19.1. The van der Waals surface area contributed by atoms with Gasteiger partial charge in [-0.05, 0) is 41.8 Å². The molecule has 1 nitrogen and oxygen atoms in total. The molecule has 0 aromatic heterocycles. The van der Waals surface area contributed by atoms with Crippen molar-refractivity contribution in [1.82, 2.24) is 0 Å². The van der Waals surface area contributed by atoms with Crippen LogP contribution in [0.4, 0.5) is 8.78 Å². The van der Waals surface area contributed by atoms with Crippen LogP contribution in [-0.2, 0) is 6.42 Å². The van der Waals surface area contributed by atoms with Gasteiger partial charge in [-0.2, -0.15) is 0 Å². The first kappa shape index (κ1) is 18.8. The second-order valence-corrected chi connectivity index (χ2v) is 6.27. The van der Waals surface area contributed by atoms with Crippen LogP contribution in [0.5, 0.6) is 5.75 Å². The largest absolute Gasteiger partial charge is 0.494 e. The molecule has 0 aliphatic rings. The molecule has 0 heterocycles. The summed E-state index contributed by atoms with van der Waals surface area (Å²) in [6.07, 6.45) is 2.58. The highest BCUT2D eigenvalue weighted by atomic mass is 19.1. The minimum Gasteiger partial charge on any atom is -0.494 e. The van der Waals surface area contributed by atoms with E-state index >= 15 is 0 Å². The molecule has 138 valence electrons. The van der Waals surface area contributed by atoms with E-state index in [4.69, 9.17) is 4.74 Å². The van der Waals surface area contributed by atoms with Crippen molar-refractivity contribution >= 4 is 12.2 Å². The fourth-order valence-electron chi connectivity index (χ4n) is 2.85.